The van der Waals surface area contributed by atoms with Crippen LogP contribution in [-0.4, -0.2) is 24.9 Å². The van der Waals surface area contributed by atoms with Gasteiger partial charge in [0.15, 0.2) is 0 Å². The van der Waals surface area contributed by atoms with E-state index in [2.05, 4.69) is 0 Å². The zero-order valence-electron chi connectivity index (χ0n) is 10.5. The molecule has 1 rings (SSSR count). The molecule has 0 radical (unpaired) electrons. The molecular formula is C13H20ClNO2. The Kier molecular flexibility index (Phi) is 5.25. The SMILES string of the molecule is COc1cc(C)c(Cl)cc1C(C)CC(O)CN. The highest BCUT2D eigenvalue weighted by Crippen LogP contribution is 2.33. The van der Waals surface area contributed by atoms with Gasteiger partial charge in [-0.2, -0.15) is 0 Å². The van der Waals surface area contributed by atoms with Crippen molar-refractivity contribution in [3.63, 3.8) is 0 Å². The summed E-state index contributed by atoms with van der Waals surface area (Å²) in [6.45, 7) is 4.24. The van der Waals surface area contributed by atoms with Gasteiger partial charge in [-0.1, -0.05) is 18.5 Å². The molecule has 0 spiro atoms. The van der Waals surface area contributed by atoms with E-state index in [0.29, 0.717) is 6.42 Å². The molecule has 0 amide bonds. The molecule has 2 atom stereocenters. The van der Waals surface area contributed by atoms with Crippen molar-refractivity contribution in [1.82, 2.24) is 0 Å². The van der Waals surface area contributed by atoms with Crippen LogP contribution in [0.15, 0.2) is 12.1 Å². The fraction of sp³-hybridized carbons (Fsp3) is 0.538. The smallest absolute Gasteiger partial charge is 0.122 e. The van der Waals surface area contributed by atoms with Crippen LogP contribution in [0, 0.1) is 6.92 Å². The number of ether oxygens (including phenoxy) is 1. The van der Waals surface area contributed by atoms with E-state index in [-0.39, 0.29) is 12.5 Å². The van der Waals surface area contributed by atoms with Crippen molar-refractivity contribution in [2.75, 3.05) is 13.7 Å². The summed E-state index contributed by atoms with van der Waals surface area (Å²) in [6.07, 6.45) is 0.112. The topological polar surface area (TPSA) is 55.5 Å². The van der Waals surface area contributed by atoms with Gasteiger partial charge in [-0.3, -0.25) is 0 Å². The number of rotatable bonds is 5. The van der Waals surface area contributed by atoms with Crippen molar-refractivity contribution >= 4 is 11.6 Å². The first-order chi connectivity index (χ1) is 7.99. The largest absolute Gasteiger partial charge is 0.496 e. The number of methoxy groups -OCH3 is 1. The minimum atomic E-state index is -0.491. The molecule has 1 aromatic rings. The lowest BCUT2D eigenvalue weighted by Crippen LogP contribution is -2.21. The molecule has 2 unspecified atom stereocenters. The minimum Gasteiger partial charge on any atom is -0.496 e. The number of nitrogens with two attached hydrogens (primary N) is 1. The van der Waals surface area contributed by atoms with Crippen LogP contribution >= 0.6 is 11.6 Å². The molecule has 0 saturated carbocycles. The zero-order valence-corrected chi connectivity index (χ0v) is 11.3. The highest BCUT2D eigenvalue weighted by Gasteiger charge is 2.16. The molecule has 4 heteroatoms. The first-order valence-corrected chi connectivity index (χ1v) is 6.09. The second kappa shape index (κ2) is 6.24. The highest BCUT2D eigenvalue weighted by atomic mass is 35.5. The summed E-state index contributed by atoms with van der Waals surface area (Å²) in [6, 6.07) is 3.83. The summed E-state index contributed by atoms with van der Waals surface area (Å²) >= 11 is 6.11. The molecule has 3 nitrogen and oxygen atoms in total. The summed E-state index contributed by atoms with van der Waals surface area (Å²) < 4.78 is 5.35. The minimum absolute atomic E-state index is 0.154. The second-order valence-electron chi connectivity index (χ2n) is 4.37. The lowest BCUT2D eigenvalue weighted by Gasteiger charge is -2.19. The fourth-order valence-corrected chi connectivity index (χ4v) is 2.04. The summed E-state index contributed by atoms with van der Waals surface area (Å²) in [5.74, 6) is 0.963. The second-order valence-corrected chi connectivity index (χ2v) is 4.78. The number of halogens is 1. The van der Waals surface area contributed by atoms with E-state index in [0.717, 1.165) is 21.9 Å². The molecule has 1 aromatic carbocycles. The molecule has 0 bridgehead atoms. The molecule has 0 fully saturated rings. The van der Waals surface area contributed by atoms with Gasteiger partial charge in [0.2, 0.25) is 0 Å². The number of hydrogen-bond acceptors (Lipinski definition) is 3. The molecule has 0 saturated heterocycles. The molecule has 3 N–H and O–H groups in total. The summed E-state index contributed by atoms with van der Waals surface area (Å²) in [5.41, 5.74) is 7.41. The Hall–Kier alpha value is -0.770. The van der Waals surface area contributed by atoms with Gasteiger partial charge in [0.25, 0.3) is 0 Å². The van der Waals surface area contributed by atoms with Crippen molar-refractivity contribution in [1.29, 1.82) is 0 Å². The normalized spacial score (nSPS) is 14.5. The van der Waals surface area contributed by atoms with Gasteiger partial charge in [0, 0.05) is 11.6 Å². The predicted octanol–water partition coefficient (Wildman–Crippen LogP) is 2.47. The quantitative estimate of drug-likeness (QED) is 0.852. The van der Waals surface area contributed by atoms with E-state index in [9.17, 15) is 5.11 Å². The Morgan fingerprint density at radius 2 is 2.12 bits per heavy atom. The number of aryl methyl sites for hydroxylation is 1. The third-order valence-corrected chi connectivity index (χ3v) is 3.35. The van der Waals surface area contributed by atoms with Gasteiger partial charge in [0.1, 0.15) is 5.75 Å². The van der Waals surface area contributed by atoms with Crippen molar-refractivity contribution in [2.24, 2.45) is 5.73 Å². The van der Waals surface area contributed by atoms with Gasteiger partial charge in [-0.05, 0) is 42.5 Å². The first kappa shape index (κ1) is 14.3. The number of hydrogen-bond donors (Lipinski definition) is 2. The predicted molar refractivity (Wildman–Crippen MR) is 70.8 cm³/mol. The third-order valence-electron chi connectivity index (χ3n) is 2.94. The van der Waals surface area contributed by atoms with Crippen LogP contribution in [-0.2, 0) is 0 Å². The molecule has 0 aromatic heterocycles. The molecule has 17 heavy (non-hydrogen) atoms. The Balaban J connectivity index is 2.99. The Morgan fingerprint density at radius 1 is 1.47 bits per heavy atom. The maximum atomic E-state index is 9.58. The van der Waals surface area contributed by atoms with E-state index >= 15 is 0 Å². The van der Waals surface area contributed by atoms with Crippen molar-refractivity contribution < 1.29 is 9.84 Å². The maximum absolute atomic E-state index is 9.58. The van der Waals surface area contributed by atoms with Crippen LogP contribution in [0.25, 0.3) is 0 Å². The monoisotopic (exact) mass is 257 g/mol. The van der Waals surface area contributed by atoms with E-state index < -0.39 is 6.10 Å². The van der Waals surface area contributed by atoms with Crippen molar-refractivity contribution in [2.45, 2.75) is 32.3 Å². The van der Waals surface area contributed by atoms with Crippen LogP contribution in [0.4, 0.5) is 0 Å². The highest BCUT2D eigenvalue weighted by molar-refractivity contribution is 6.31. The third kappa shape index (κ3) is 3.60. The van der Waals surface area contributed by atoms with E-state index in [4.69, 9.17) is 22.1 Å². The fourth-order valence-electron chi connectivity index (χ4n) is 1.86. The van der Waals surface area contributed by atoms with Crippen LogP contribution in [0.5, 0.6) is 5.75 Å². The van der Waals surface area contributed by atoms with E-state index in [1.54, 1.807) is 7.11 Å². The summed E-state index contributed by atoms with van der Waals surface area (Å²) in [4.78, 5) is 0. The average molecular weight is 258 g/mol. The Labute approximate surface area is 108 Å². The molecular weight excluding hydrogens is 238 g/mol. The van der Waals surface area contributed by atoms with Gasteiger partial charge in [-0.15, -0.1) is 0 Å². The lowest BCUT2D eigenvalue weighted by atomic mass is 9.93. The van der Waals surface area contributed by atoms with Gasteiger partial charge in [0.05, 0.1) is 13.2 Å². The van der Waals surface area contributed by atoms with Gasteiger partial charge < -0.3 is 15.6 Å². The standard InChI is InChI=1S/C13H20ClNO2/c1-8(4-10(16)7-15)11-6-12(14)9(2)5-13(11)17-3/h5-6,8,10,16H,4,7,15H2,1-3H3. The molecule has 0 heterocycles. The Morgan fingerprint density at radius 3 is 2.65 bits per heavy atom. The van der Waals surface area contributed by atoms with Crippen molar-refractivity contribution in [3.05, 3.63) is 28.3 Å². The summed E-state index contributed by atoms with van der Waals surface area (Å²) in [7, 11) is 1.64. The van der Waals surface area contributed by atoms with E-state index in [1.807, 2.05) is 26.0 Å². The summed E-state index contributed by atoms with van der Waals surface area (Å²) in [5, 5.41) is 10.3. The first-order valence-electron chi connectivity index (χ1n) is 5.71. The van der Waals surface area contributed by atoms with Crippen LogP contribution in [0.3, 0.4) is 0 Å². The van der Waals surface area contributed by atoms with Crippen molar-refractivity contribution in [3.8, 4) is 5.75 Å². The molecule has 0 aliphatic carbocycles. The van der Waals surface area contributed by atoms with Crippen LogP contribution in [0.1, 0.15) is 30.4 Å². The van der Waals surface area contributed by atoms with Gasteiger partial charge in [-0.25, -0.2) is 0 Å². The van der Waals surface area contributed by atoms with Gasteiger partial charge >= 0.3 is 0 Å². The van der Waals surface area contributed by atoms with E-state index in [1.165, 1.54) is 0 Å². The zero-order chi connectivity index (χ0) is 13.0. The number of aliphatic hydroxyl groups excluding tert-OH is 1. The molecule has 96 valence electrons. The van der Waals surface area contributed by atoms with Crippen LogP contribution in [0.2, 0.25) is 5.02 Å². The molecule has 0 aliphatic heterocycles. The molecule has 0 aliphatic rings. The average Bonchev–Trinajstić information content (AvgIpc) is 2.31. The number of aliphatic hydroxyl groups is 1. The van der Waals surface area contributed by atoms with Crippen LogP contribution < -0.4 is 10.5 Å². The Bertz CT molecular complexity index is 382. The number of benzene rings is 1. The lowest BCUT2D eigenvalue weighted by molar-refractivity contribution is 0.164. The maximum Gasteiger partial charge on any atom is 0.122 e.